The number of rotatable bonds is 5. The molecule has 0 amide bonds. The highest BCUT2D eigenvalue weighted by Gasteiger charge is 2.06. The molecule has 0 unspecified atom stereocenters. The highest BCUT2D eigenvalue weighted by molar-refractivity contribution is 8.13. The molecule has 90 valence electrons. The standard InChI is InChI=1S/C11H16ClNO2S/c1-13(2)8-7-10-3-5-11(6-4-10)9-16(12,14)15/h3-6H,7-9H2,1-2H3. The summed E-state index contributed by atoms with van der Waals surface area (Å²) in [6.45, 7) is 0.979. The van der Waals surface area contributed by atoms with Crippen molar-refractivity contribution in [2.45, 2.75) is 12.2 Å². The minimum atomic E-state index is -3.45. The lowest BCUT2D eigenvalue weighted by Crippen LogP contribution is -2.14. The first kappa shape index (κ1) is 13.5. The first-order chi connectivity index (χ1) is 7.37. The van der Waals surface area contributed by atoms with Crippen LogP contribution in [0.15, 0.2) is 24.3 Å². The van der Waals surface area contributed by atoms with Gasteiger partial charge in [0.05, 0.1) is 5.75 Å². The zero-order valence-electron chi connectivity index (χ0n) is 9.48. The van der Waals surface area contributed by atoms with E-state index in [1.54, 1.807) is 0 Å². The van der Waals surface area contributed by atoms with Gasteiger partial charge in [0.2, 0.25) is 9.05 Å². The van der Waals surface area contributed by atoms with E-state index in [1.165, 1.54) is 5.56 Å². The monoisotopic (exact) mass is 261 g/mol. The number of nitrogens with zero attached hydrogens (tertiary/aromatic N) is 1. The summed E-state index contributed by atoms with van der Waals surface area (Å²) in [6.07, 6.45) is 0.959. The minimum Gasteiger partial charge on any atom is -0.309 e. The molecule has 0 spiro atoms. The van der Waals surface area contributed by atoms with Crippen molar-refractivity contribution in [2.75, 3.05) is 20.6 Å². The van der Waals surface area contributed by atoms with E-state index < -0.39 is 9.05 Å². The number of likely N-dealkylation sites (N-methyl/N-ethyl adjacent to an activating group) is 1. The van der Waals surface area contributed by atoms with Crippen molar-refractivity contribution in [3.63, 3.8) is 0 Å². The fraction of sp³-hybridized carbons (Fsp3) is 0.455. The molecule has 3 nitrogen and oxygen atoms in total. The Kier molecular flexibility index (Phi) is 4.77. The maximum atomic E-state index is 10.9. The van der Waals surface area contributed by atoms with E-state index in [0.717, 1.165) is 18.5 Å². The summed E-state index contributed by atoms with van der Waals surface area (Å²) in [7, 11) is 5.77. The Labute approximate surface area is 101 Å². The van der Waals surface area contributed by atoms with Gasteiger partial charge in [0.25, 0.3) is 0 Å². The Balaban J connectivity index is 2.61. The van der Waals surface area contributed by atoms with Crippen molar-refractivity contribution in [1.29, 1.82) is 0 Å². The number of benzene rings is 1. The van der Waals surface area contributed by atoms with Crippen LogP contribution < -0.4 is 0 Å². The maximum Gasteiger partial charge on any atom is 0.236 e. The van der Waals surface area contributed by atoms with Crippen molar-refractivity contribution in [3.05, 3.63) is 35.4 Å². The van der Waals surface area contributed by atoms with E-state index >= 15 is 0 Å². The molecule has 0 saturated carbocycles. The second-order valence-electron chi connectivity index (χ2n) is 4.05. The average Bonchev–Trinajstić information content (AvgIpc) is 2.14. The maximum absolute atomic E-state index is 10.9. The zero-order valence-corrected chi connectivity index (χ0v) is 11.1. The fourth-order valence-corrected chi connectivity index (χ4v) is 2.32. The molecule has 0 aliphatic carbocycles. The van der Waals surface area contributed by atoms with Crippen LogP contribution in [-0.4, -0.2) is 34.0 Å². The molecule has 0 atom stereocenters. The third-order valence-electron chi connectivity index (χ3n) is 2.21. The first-order valence-corrected chi connectivity index (χ1v) is 7.49. The van der Waals surface area contributed by atoms with E-state index in [1.807, 2.05) is 38.4 Å². The van der Waals surface area contributed by atoms with Crippen LogP contribution in [0.3, 0.4) is 0 Å². The Bertz CT molecular complexity index is 426. The van der Waals surface area contributed by atoms with E-state index in [-0.39, 0.29) is 5.75 Å². The largest absolute Gasteiger partial charge is 0.309 e. The summed E-state index contributed by atoms with van der Waals surface area (Å²) < 4.78 is 21.7. The summed E-state index contributed by atoms with van der Waals surface area (Å²) in [6, 6.07) is 7.51. The van der Waals surface area contributed by atoms with Crippen LogP contribution in [0.5, 0.6) is 0 Å². The van der Waals surface area contributed by atoms with Crippen molar-refractivity contribution in [3.8, 4) is 0 Å². The Morgan fingerprint density at radius 1 is 1.12 bits per heavy atom. The van der Waals surface area contributed by atoms with Crippen LogP contribution in [0.4, 0.5) is 0 Å². The summed E-state index contributed by atoms with van der Waals surface area (Å²) in [5, 5.41) is 0. The second-order valence-corrected chi connectivity index (χ2v) is 6.83. The van der Waals surface area contributed by atoms with Crippen molar-refractivity contribution in [2.24, 2.45) is 0 Å². The molecule has 1 rings (SSSR count). The molecule has 0 N–H and O–H groups in total. The van der Waals surface area contributed by atoms with Gasteiger partial charge in [-0.1, -0.05) is 24.3 Å². The molecule has 1 aromatic carbocycles. The van der Waals surface area contributed by atoms with Crippen LogP contribution in [0.1, 0.15) is 11.1 Å². The molecule has 0 radical (unpaired) electrons. The van der Waals surface area contributed by atoms with Gasteiger partial charge in [-0.25, -0.2) is 8.42 Å². The summed E-state index contributed by atoms with van der Waals surface area (Å²) in [5.41, 5.74) is 1.92. The van der Waals surface area contributed by atoms with Crippen LogP contribution >= 0.6 is 10.7 Å². The van der Waals surface area contributed by atoms with Gasteiger partial charge in [0.1, 0.15) is 0 Å². The van der Waals surface area contributed by atoms with Gasteiger partial charge in [-0.2, -0.15) is 0 Å². The number of hydrogen-bond donors (Lipinski definition) is 0. The lowest BCUT2D eigenvalue weighted by atomic mass is 10.1. The van der Waals surface area contributed by atoms with Gasteiger partial charge < -0.3 is 4.90 Å². The summed E-state index contributed by atoms with van der Waals surface area (Å²) in [4.78, 5) is 2.11. The molecule has 1 aromatic rings. The van der Waals surface area contributed by atoms with Crippen LogP contribution in [0.2, 0.25) is 0 Å². The third kappa shape index (κ3) is 5.49. The summed E-state index contributed by atoms with van der Waals surface area (Å²) >= 11 is 0. The van der Waals surface area contributed by atoms with Crippen LogP contribution in [0.25, 0.3) is 0 Å². The Morgan fingerprint density at radius 2 is 1.62 bits per heavy atom. The predicted octanol–water partition coefficient (Wildman–Crippen LogP) is 1.86. The highest BCUT2D eigenvalue weighted by Crippen LogP contribution is 2.11. The second kappa shape index (κ2) is 5.66. The Hall–Kier alpha value is -0.580. The topological polar surface area (TPSA) is 37.4 Å². The SMILES string of the molecule is CN(C)CCc1ccc(CS(=O)(=O)Cl)cc1. The van der Waals surface area contributed by atoms with Crippen LogP contribution in [0, 0.1) is 0 Å². The van der Waals surface area contributed by atoms with Gasteiger partial charge in [-0.3, -0.25) is 0 Å². The fourth-order valence-electron chi connectivity index (χ4n) is 1.35. The highest BCUT2D eigenvalue weighted by atomic mass is 35.7. The molecule has 0 aliphatic heterocycles. The molecule has 0 aliphatic rings. The number of hydrogen-bond acceptors (Lipinski definition) is 3. The lowest BCUT2D eigenvalue weighted by Gasteiger charge is -2.09. The smallest absolute Gasteiger partial charge is 0.236 e. The normalized spacial score (nSPS) is 12.0. The van der Waals surface area contributed by atoms with Crippen molar-refractivity contribution < 1.29 is 8.42 Å². The van der Waals surface area contributed by atoms with Gasteiger partial charge in [-0.05, 0) is 31.6 Å². The first-order valence-electron chi connectivity index (χ1n) is 5.02. The minimum absolute atomic E-state index is 0.109. The predicted molar refractivity (Wildman–Crippen MR) is 67.2 cm³/mol. The van der Waals surface area contributed by atoms with E-state index in [2.05, 4.69) is 4.90 Å². The van der Waals surface area contributed by atoms with Crippen molar-refractivity contribution >= 4 is 19.7 Å². The average molecular weight is 262 g/mol. The Morgan fingerprint density at radius 3 is 2.06 bits per heavy atom. The molecule has 5 heteroatoms. The molecular weight excluding hydrogens is 246 g/mol. The third-order valence-corrected chi connectivity index (χ3v) is 3.22. The van der Waals surface area contributed by atoms with Gasteiger partial charge >= 0.3 is 0 Å². The van der Waals surface area contributed by atoms with Gasteiger partial charge in [0.15, 0.2) is 0 Å². The van der Waals surface area contributed by atoms with E-state index in [9.17, 15) is 8.42 Å². The van der Waals surface area contributed by atoms with Gasteiger partial charge in [-0.15, -0.1) is 0 Å². The zero-order chi connectivity index (χ0) is 12.2. The van der Waals surface area contributed by atoms with E-state index in [4.69, 9.17) is 10.7 Å². The quantitative estimate of drug-likeness (QED) is 0.760. The lowest BCUT2D eigenvalue weighted by molar-refractivity contribution is 0.413. The molecule has 0 saturated heterocycles. The van der Waals surface area contributed by atoms with Gasteiger partial charge in [0, 0.05) is 17.2 Å². The summed E-state index contributed by atoms with van der Waals surface area (Å²) in [5.74, 6) is -0.109. The van der Waals surface area contributed by atoms with Crippen molar-refractivity contribution in [1.82, 2.24) is 4.90 Å². The molecule has 0 heterocycles. The molecule has 0 fully saturated rings. The molecule has 0 bridgehead atoms. The molecular formula is C11H16ClNO2S. The molecule has 0 aromatic heterocycles. The van der Waals surface area contributed by atoms with E-state index in [0.29, 0.717) is 0 Å². The number of halogens is 1. The van der Waals surface area contributed by atoms with Crippen LogP contribution in [-0.2, 0) is 21.2 Å². The molecule has 16 heavy (non-hydrogen) atoms.